The number of nitrogens with zero attached hydrogens (tertiary/aromatic N) is 3. The summed E-state index contributed by atoms with van der Waals surface area (Å²) in [6.45, 7) is 7.74. The Balaban J connectivity index is 2.05. The fourth-order valence-corrected chi connectivity index (χ4v) is 4.04. The lowest BCUT2D eigenvalue weighted by molar-refractivity contribution is 0.281. The van der Waals surface area contributed by atoms with Crippen LogP contribution in [0.3, 0.4) is 0 Å². The first-order valence-electron chi connectivity index (χ1n) is 7.27. The summed E-state index contributed by atoms with van der Waals surface area (Å²) in [5, 5.41) is 7.33. The molecule has 20 heavy (non-hydrogen) atoms. The van der Waals surface area contributed by atoms with Crippen molar-refractivity contribution in [3.63, 3.8) is 0 Å². The Labute approximate surface area is 121 Å². The summed E-state index contributed by atoms with van der Waals surface area (Å²) in [4.78, 5) is 0.308. The maximum atomic E-state index is 12.5. The molecule has 0 aromatic carbocycles. The predicted octanol–water partition coefficient (Wildman–Crippen LogP) is 0.913. The molecular weight excluding hydrogens is 276 g/mol. The summed E-state index contributed by atoms with van der Waals surface area (Å²) in [6.07, 6.45) is 5.13. The topological polar surface area (TPSA) is 67.2 Å². The molecule has 0 spiro atoms. The average Bonchev–Trinajstić information content (AvgIpc) is 2.88. The monoisotopic (exact) mass is 300 g/mol. The van der Waals surface area contributed by atoms with Gasteiger partial charge in [-0.25, -0.2) is 8.42 Å². The van der Waals surface area contributed by atoms with Gasteiger partial charge in [-0.2, -0.15) is 9.40 Å². The molecule has 1 aromatic heterocycles. The zero-order valence-electron chi connectivity index (χ0n) is 12.2. The fourth-order valence-electron chi connectivity index (χ4n) is 2.48. The average molecular weight is 300 g/mol. The van der Waals surface area contributed by atoms with E-state index in [1.165, 1.54) is 6.20 Å². The lowest BCUT2D eigenvalue weighted by Gasteiger charge is -2.29. The molecule has 1 saturated heterocycles. The highest BCUT2D eigenvalue weighted by molar-refractivity contribution is 7.89. The lowest BCUT2D eigenvalue weighted by Crippen LogP contribution is -2.38. The van der Waals surface area contributed by atoms with E-state index in [4.69, 9.17) is 0 Å². The third-order valence-electron chi connectivity index (χ3n) is 3.63. The Morgan fingerprint density at radius 3 is 3.00 bits per heavy atom. The van der Waals surface area contributed by atoms with E-state index in [-0.39, 0.29) is 0 Å². The van der Waals surface area contributed by atoms with E-state index in [0.717, 1.165) is 25.9 Å². The highest BCUT2D eigenvalue weighted by atomic mass is 32.2. The lowest BCUT2D eigenvalue weighted by atomic mass is 10.0. The van der Waals surface area contributed by atoms with Crippen LogP contribution in [0.2, 0.25) is 0 Å². The smallest absolute Gasteiger partial charge is 0.246 e. The molecular formula is C13H24N4O2S. The Kier molecular flexibility index (Phi) is 5.17. The second kappa shape index (κ2) is 6.69. The van der Waals surface area contributed by atoms with Crippen LogP contribution in [0, 0.1) is 5.92 Å². The zero-order chi connectivity index (χ0) is 14.6. The van der Waals surface area contributed by atoms with Gasteiger partial charge in [0.1, 0.15) is 4.90 Å². The van der Waals surface area contributed by atoms with Crippen LogP contribution in [0.15, 0.2) is 17.3 Å². The van der Waals surface area contributed by atoms with Crippen LogP contribution in [0.1, 0.15) is 26.7 Å². The molecule has 1 fully saturated rings. The maximum absolute atomic E-state index is 12.5. The standard InChI is InChI=1S/C13H24N4O2S/c1-3-14-6-8-16-11-13(9-15-16)20(18,19)17-7-4-5-12(2)10-17/h9,11-12,14H,3-8,10H2,1-2H3. The van der Waals surface area contributed by atoms with Crippen molar-refractivity contribution < 1.29 is 8.42 Å². The van der Waals surface area contributed by atoms with Gasteiger partial charge in [-0.15, -0.1) is 0 Å². The molecule has 2 heterocycles. The first kappa shape index (κ1) is 15.5. The number of likely N-dealkylation sites (N-methyl/N-ethyl adjacent to an activating group) is 1. The molecule has 1 atom stereocenters. The van der Waals surface area contributed by atoms with E-state index < -0.39 is 10.0 Å². The quantitative estimate of drug-likeness (QED) is 0.793. The van der Waals surface area contributed by atoms with Crippen LogP contribution in [0.5, 0.6) is 0 Å². The maximum Gasteiger partial charge on any atom is 0.246 e. The first-order valence-corrected chi connectivity index (χ1v) is 8.71. The van der Waals surface area contributed by atoms with Gasteiger partial charge in [-0.05, 0) is 25.3 Å². The number of nitrogens with one attached hydrogen (secondary N) is 1. The third-order valence-corrected chi connectivity index (χ3v) is 5.45. The third kappa shape index (κ3) is 3.59. The van der Waals surface area contributed by atoms with Gasteiger partial charge in [0.2, 0.25) is 10.0 Å². The number of aromatic nitrogens is 2. The molecule has 7 heteroatoms. The molecule has 2 rings (SSSR count). The van der Waals surface area contributed by atoms with Crippen molar-refractivity contribution >= 4 is 10.0 Å². The molecule has 1 unspecified atom stereocenters. The predicted molar refractivity (Wildman–Crippen MR) is 77.9 cm³/mol. The van der Waals surface area contributed by atoms with E-state index in [9.17, 15) is 8.42 Å². The summed E-state index contributed by atoms with van der Waals surface area (Å²) >= 11 is 0. The molecule has 0 amide bonds. The van der Waals surface area contributed by atoms with E-state index in [1.807, 2.05) is 6.92 Å². The van der Waals surface area contributed by atoms with Crippen molar-refractivity contribution in [1.82, 2.24) is 19.4 Å². The summed E-state index contributed by atoms with van der Waals surface area (Å²) in [5.74, 6) is 0.433. The molecule has 1 aromatic rings. The van der Waals surface area contributed by atoms with Crippen molar-refractivity contribution in [3.05, 3.63) is 12.4 Å². The molecule has 1 N–H and O–H groups in total. The van der Waals surface area contributed by atoms with Crippen molar-refractivity contribution in [1.29, 1.82) is 0 Å². The highest BCUT2D eigenvalue weighted by Crippen LogP contribution is 2.22. The van der Waals surface area contributed by atoms with Gasteiger partial charge in [0, 0.05) is 25.8 Å². The van der Waals surface area contributed by atoms with E-state index in [0.29, 0.717) is 30.4 Å². The second-order valence-electron chi connectivity index (χ2n) is 5.40. The molecule has 0 aliphatic carbocycles. The molecule has 0 bridgehead atoms. The van der Waals surface area contributed by atoms with E-state index >= 15 is 0 Å². The molecule has 1 aliphatic heterocycles. The number of sulfonamides is 1. The van der Waals surface area contributed by atoms with E-state index in [1.54, 1.807) is 15.2 Å². The number of hydrogen-bond acceptors (Lipinski definition) is 4. The number of hydrogen-bond donors (Lipinski definition) is 1. The van der Waals surface area contributed by atoms with Gasteiger partial charge in [0.05, 0.1) is 12.7 Å². The largest absolute Gasteiger partial charge is 0.315 e. The summed E-state index contributed by atoms with van der Waals surface area (Å²) < 4.78 is 28.3. The van der Waals surface area contributed by atoms with Crippen LogP contribution in [-0.4, -0.2) is 48.7 Å². The van der Waals surface area contributed by atoms with Crippen molar-refractivity contribution in [2.24, 2.45) is 5.92 Å². The van der Waals surface area contributed by atoms with Gasteiger partial charge >= 0.3 is 0 Å². The first-order chi connectivity index (χ1) is 9.54. The Morgan fingerprint density at radius 2 is 2.30 bits per heavy atom. The van der Waals surface area contributed by atoms with Gasteiger partial charge < -0.3 is 5.32 Å². The van der Waals surface area contributed by atoms with Crippen LogP contribution < -0.4 is 5.32 Å². The zero-order valence-corrected chi connectivity index (χ0v) is 13.1. The Bertz CT molecular complexity index is 526. The van der Waals surface area contributed by atoms with Gasteiger partial charge in [-0.1, -0.05) is 13.8 Å². The van der Waals surface area contributed by atoms with Gasteiger partial charge in [0.25, 0.3) is 0 Å². The fraction of sp³-hybridized carbons (Fsp3) is 0.769. The van der Waals surface area contributed by atoms with Crippen LogP contribution in [0.4, 0.5) is 0 Å². The van der Waals surface area contributed by atoms with Crippen molar-refractivity contribution in [2.75, 3.05) is 26.2 Å². The molecule has 0 radical (unpaired) electrons. The molecule has 0 saturated carbocycles. The van der Waals surface area contributed by atoms with Gasteiger partial charge in [-0.3, -0.25) is 4.68 Å². The summed E-state index contributed by atoms with van der Waals surface area (Å²) in [5.41, 5.74) is 0. The SMILES string of the molecule is CCNCCn1cc(S(=O)(=O)N2CCCC(C)C2)cn1. The van der Waals surface area contributed by atoms with E-state index in [2.05, 4.69) is 17.3 Å². The second-order valence-corrected chi connectivity index (χ2v) is 7.34. The van der Waals surface area contributed by atoms with Crippen LogP contribution in [-0.2, 0) is 16.6 Å². The minimum Gasteiger partial charge on any atom is -0.315 e. The number of rotatable bonds is 6. The minimum absolute atomic E-state index is 0.308. The molecule has 6 nitrogen and oxygen atoms in total. The summed E-state index contributed by atoms with van der Waals surface area (Å²) in [7, 11) is -3.38. The highest BCUT2D eigenvalue weighted by Gasteiger charge is 2.29. The van der Waals surface area contributed by atoms with Crippen molar-refractivity contribution in [3.8, 4) is 0 Å². The normalized spacial score (nSPS) is 21.2. The molecule has 1 aliphatic rings. The molecule has 114 valence electrons. The van der Waals surface area contributed by atoms with Crippen molar-refractivity contribution in [2.45, 2.75) is 38.1 Å². The van der Waals surface area contributed by atoms with Gasteiger partial charge in [0.15, 0.2) is 0 Å². The Morgan fingerprint density at radius 1 is 1.50 bits per heavy atom. The Hall–Kier alpha value is -0.920. The minimum atomic E-state index is -3.38. The summed E-state index contributed by atoms with van der Waals surface area (Å²) in [6, 6.07) is 0. The van der Waals surface area contributed by atoms with Crippen LogP contribution >= 0.6 is 0 Å². The number of piperidine rings is 1. The van der Waals surface area contributed by atoms with Crippen LogP contribution in [0.25, 0.3) is 0 Å².